The van der Waals surface area contributed by atoms with Crippen LogP contribution in [0.25, 0.3) is 0 Å². The van der Waals surface area contributed by atoms with E-state index in [9.17, 15) is 4.79 Å². The average Bonchev–Trinajstić information content (AvgIpc) is 2.24. The molecule has 0 unspecified atom stereocenters. The number of nitrogens with one attached hydrogen (secondary N) is 1. The van der Waals surface area contributed by atoms with Gasteiger partial charge in [-0.3, -0.25) is 4.79 Å². The summed E-state index contributed by atoms with van der Waals surface area (Å²) >= 11 is 0. The van der Waals surface area contributed by atoms with Crippen molar-refractivity contribution in [2.45, 2.75) is 64.7 Å². The van der Waals surface area contributed by atoms with E-state index in [2.05, 4.69) is 19.2 Å². The fourth-order valence-electron chi connectivity index (χ4n) is 1.51. The van der Waals surface area contributed by atoms with Crippen LogP contribution >= 0.6 is 0 Å². The van der Waals surface area contributed by atoms with Crippen molar-refractivity contribution in [3.8, 4) is 0 Å². The van der Waals surface area contributed by atoms with Gasteiger partial charge in [-0.15, -0.1) is 0 Å². The molecule has 0 saturated carbocycles. The Morgan fingerprint density at radius 2 is 1.80 bits per heavy atom. The number of hydrogen-bond donors (Lipinski definition) is 1. The molecule has 1 N–H and O–H groups in total. The van der Waals surface area contributed by atoms with Crippen molar-refractivity contribution >= 4 is 5.91 Å². The van der Waals surface area contributed by atoms with Crippen LogP contribution in [-0.2, 0) is 4.79 Å². The molecule has 0 bridgehead atoms. The molecule has 0 rings (SSSR count). The Hall–Kier alpha value is -0.530. The van der Waals surface area contributed by atoms with Crippen molar-refractivity contribution in [3.05, 3.63) is 6.92 Å². The van der Waals surface area contributed by atoms with E-state index >= 15 is 0 Å². The van der Waals surface area contributed by atoms with E-state index in [0.717, 1.165) is 32.2 Å². The van der Waals surface area contributed by atoms with Crippen LogP contribution in [0.5, 0.6) is 0 Å². The van der Waals surface area contributed by atoms with Gasteiger partial charge in [0, 0.05) is 13.0 Å². The number of carbonyl (C=O) groups excluding carboxylic acids is 1. The molecule has 15 heavy (non-hydrogen) atoms. The SMILES string of the molecule is [CH2]CCCCCCC(=O)NCCCCC. The predicted molar refractivity (Wildman–Crippen MR) is 65.6 cm³/mol. The van der Waals surface area contributed by atoms with Crippen molar-refractivity contribution in [2.24, 2.45) is 0 Å². The molecule has 0 aliphatic heterocycles. The molecule has 89 valence electrons. The molecular weight excluding hydrogens is 186 g/mol. The minimum absolute atomic E-state index is 0.223. The van der Waals surface area contributed by atoms with Gasteiger partial charge in [-0.25, -0.2) is 0 Å². The third kappa shape index (κ3) is 11.4. The van der Waals surface area contributed by atoms with Gasteiger partial charge in [0.15, 0.2) is 0 Å². The molecule has 2 nitrogen and oxygen atoms in total. The summed E-state index contributed by atoms with van der Waals surface area (Å²) in [6.07, 6.45) is 9.85. The van der Waals surface area contributed by atoms with Crippen molar-refractivity contribution < 1.29 is 4.79 Å². The van der Waals surface area contributed by atoms with Gasteiger partial charge in [-0.1, -0.05) is 52.4 Å². The zero-order chi connectivity index (χ0) is 11.4. The maximum Gasteiger partial charge on any atom is 0.219 e. The molecule has 0 heterocycles. The van der Waals surface area contributed by atoms with Crippen LogP contribution < -0.4 is 5.32 Å². The summed E-state index contributed by atoms with van der Waals surface area (Å²) in [7, 11) is 0. The molecule has 1 amide bonds. The minimum atomic E-state index is 0.223. The van der Waals surface area contributed by atoms with Gasteiger partial charge in [-0.05, 0) is 12.8 Å². The zero-order valence-corrected chi connectivity index (χ0v) is 10.2. The van der Waals surface area contributed by atoms with Crippen LogP contribution in [0.1, 0.15) is 64.7 Å². The first-order valence-corrected chi connectivity index (χ1v) is 6.37. The average molecular weight is 212 g/mol. The summed E-state index contributed by atoms with van der Waals surface area (Å²) in [5, 5.41) is 2.96. The molecule has 0 fully saturated rings. The highest BCUT2D eigenvalue weighted by Gasteiger charge is 1.99. The van der Waals surface area contributed by atoms with Crippen LogP contribution in [0.3, 0.4) is 0 Å². The molecule has 0 atom stereocenters. The molecule has 0 aromatic carbocycles. The lowest BCUT2D eigenvalue weighted by Gasteiger charge is -2.04. The van der Waals surface area contributed by atoms with E-state index < -0.39 is 0 Å². The summed E-state index contributed by atoms with van der Waals surface area (Å²) in [6, 6.07) is 0. The second kappa shape index (κ2) is 11.5. The Bertz CT molecular complexity index is 145. The Kier molecular flexibility index (Phi) is 11.1. The van der Waals surface area contributed by atoms with Gasteiger partial charge in [0.05, 0.1) is 0 Å². The van der Waals surface area contributed by atoms with Crippen LogP contribution in [0.4, 0.5) is 0 Å². The molecule has 0 aliphatic carbocycles. The lowest BCUT2D eigenvalue weighted by molar-refractivity contribution is -0.121. The second-order valence-corrected chi connectivity index (χ2v) is 4.07. The van der Waals surface area contributed by atoms with Crippen LogP contribution in [0, 0.1) is 6.92 Å². The van der Waals surface area contributed by atoms with Gasteiger partial charge in [0.1, 0.15) is 0 Å². The van der Waals surface area contributed by atoms with Crippen molar-refractivity contribution in [2.75, 3.05) is 6.54 Å². The Morgan fingerprint density at radius 3 is 2.47 bits per heavy atom. The Balaban J connectivity index is 3.11. The van der Waals surface area contributed by atoms with Gasteiger partial charge in [0.2, 0.25) is 5.91 Å². The molecule has 1 radical (unpaired) electrons. The standard InChI is InChI=1S/C13H26NO/c1-3-5-7-8-9-11-13(15)14-12-10-6-4-2/h1,3-12H2,2H3,(H,14,15). The van der Waals surface area contributed by atoms with E-state index in [1.807, 2.05) is 0 Å². The Morgan fingerprint density at radius 1 is 1.07 bits per heavy atom. The Labute approximate surface area is 94.8 Å². The van der Waals surface area contributed by atoms with Crippen molar-refractivity contribution in [1.29, 1.82) is 0 Å². The number of hydrogen-bond acceptors (Lipinski definition) is 1. The van der Waals surface area contributed by atoms with Gasteiger partial charge in [-0.2, -0.15) is 0 Å². The first-order valence-electron chi connectivity index (χ1n) is 6.37. The maximum absolute atomic E-state index is 11.3. The van der Waals surface area contributed by atoms with Crippen molar-refractivity contribution in [3.63, 3.8) is 0 Å². The number of unbranched alkanes of at least 4 members (excludes halogenated alkanes) is 6. The normalized spacial score (nSPS) is 10.3. The quantitative estimate of drug-likeness (QED) is 0.552. The number of rotatable bonds is 10. The van der Waals surface area contributed by atoms with Crippen LogP contribution in [-0.4, -0.2) is 12.5 Å². The topological polar surface area (TPSA) is 29.1 Å². The third-order valence-corrected chi connectivity index (χ3v) is 2.51. The summed E-state index contributed by atoms with van der Waals surface area (Å²) in [5.74, 6) is 0.223. The summed E-state index contributed by atoms with van der Waals surface area (Å²) in [4.78, 5) is 11.3. The highest BCUT2D eigenvalue weighted by atomic mass is 16.1. The van der Waals surface area contributed by atoms with Crippen LogP contribution in [0.2, 0.25) is 0 Å². The van der Waals surface area contributed by atoms with Gasteiger partial charge >= 0.3 is 0 Å². The molecule has 2 heteroatoms. The predicted octanol–water partition coefficient (Wildman–Crippen LogP) is 3.47. The first kappa shape index (κ1) is 14.5. The van der Waals surface area contributed by atoms with E-state index in [0.29, 0.717) is 6.42 Å². The summed E-state index contributed by atoms with van der Waals surface area (Å²) in [5.41, 5.74) is 0. The van der Waals surface area contributed by atoms with E-state index in [1.165, 1.54) is 25.7 Å². The second-order valence-electron chi connectivity index (χ2n) is 4.07. The maximum atomic E-state index is 11.3. The zero-order valence-electron chi connectivity index (χ0n) is 10.2. The fraction of sp³-hybridized carbons (Fsp3) is 0.846. The lowest BCUT2D eigenvalue weighted by atomic mass is 10.1. The molecule has 0 aromatic rings. The minimum Gasteiger partial charge on any atom is -0.356 e. The van der Waals surface area contributed by atoms with E-state index in [1.54, 1.807) is 0 Å². The largest absolute Gasteiger partial charge is 0.356 e. The highest BCUT2D eigenvalue weighted by molar-refractivity contribution is 5.75. The molecule has 0 saturated heterocycles. The monoisotopic (exact) mass is 212 g/mol. The van der Waals surface area contributed by atoms with E-state index in [-0.39, 0.29) is 5.91 Å². The van der Waals surface area contributed by atoms with Crippen molar-refractivity contribution in [1.82, 2.24) is 5.32 Å². The smallest absolute Gasteiger partial charge is 0.219 e. The van der Waals surface area contributed by atoms with E-state index in [4.69, 9.17) is 0 Å². The fourth-order valence-corrected chi connectivity index (χ4v) is 1.51. The molecule has 0 aromatic heterocycles. The van der Waals surface area contributed by atoms with Gasteiger partial charge < -0.3 is 5.32 Å². The number of amides is 1. The highest BCUT2D eigenvalue weighted by Crippen LogP contribution is 2.04. The summed E-state index contributed by atoms with van der Waals surface area (Å²) in [6.45, 7) is 6.82. The molecular formula is C13H26NO. The summed E-state index contributed by atoms with van der Waals surface area (Å²) < 4.78 is 0. The third-order valence-electron chi connectivity index (χ3n) is 2.51. The van der Waals surface area contributed by atoms with Crippen LogP contribution in [0.15, 0.2) is 0 Å². The molecule has 0 spiro atoms. The number of carbonyl (C=O) groups is 1. The first-order chi connectivity index (χ1) is 7.31. The lowest BCUT2D eigenvalue weighted by Crippen LogP contribution is -2.23. The molecule has 0 aliphatic rings. The van der Waals surface area contributed by atoms with Gasteiger partial charge in [0.25, 0.3) is 0 Å².